The van der Waals surface area contributed by atoms with E-state index in [9.17, 15) is 0 Å². The molecule has 1 aromatic carbocycles. The molecule has 12 heavy (non-hydrogen) atoms. The second kappa shape index (κ2) is 4.70. The van der Waals surface area contributed by atoms with E-state index in [0.717, 1.165) is 21.7 Å². The van der Waals surface area contributed by atoms with Gasteiger partial charge in [-0.3, -0.25) is 0 Å². The summed E-state index contributed by atoms with van der Waals surface area (Å²) in [7, 11) is 0. The highest BCUT2D eigenvalue weighted by Gasteiger charge is 2.00. The minimum atomic E-state index is 0. The van der Waals surface area contributed by atoms with Crippen LogP contribution < -0.4 is 5.73 Å². The van der Waals surface area contributed by atoms with E-state index in [1.807, 2.05) is 26.0 Å². The number of benzene rings is 1. The molecule has 3 heteroatoms. The van der Waals surface area contributed by atoms with Crippen molar-refractivity contribution in [3.05, 3.63) is 33.8 Å². The summed E-state index contributed by atoms with van der Waals surface area (Å²) >= 11 is 5.97. The minimum Gasteiger partial charge on any atom is -0.326 e. The zero-order valence-corrected chi connectivity index (χ0v) is 8.80. The summed E-state index contributed by atoms with van der Waals surface area (Å²) in [5, 5.41) is 0.849. The standard InChI is InChI=1S/C9H12ClN.ClH/c1-6-3-8(5-11)4-7(2)9(6)10;/h3-4H,5,11H2,1-2H3;1H. The van der Waals surface area contributed by atoms with E-state index in [2.05, 4.69) is 0 Å². The molecule has 68 valence electrons. The fourth-order valence-corrected chi connectivity index (χ4v) is 1.26. The summed E-state index contributed by atoms with van der Waals surface area (Å²) in [6.45, 7) is 4.57. The molecule has 1 nitrogen and oxygen atoms in total. The highest BCUT2D eigenvalue weighted by atomic mass is 35.5. The Morgan fingerprint density at radius 2 is 1.67 bits per heavy atom. The molecule has 1 rings (SSSR count). The predicted octanol–water partition coefficient (Wildman–Crippen LogP) is 2.84. The summed E-state index contributed by atoms with van der Waals surface area (Å²) in [5.74, 6) is 0. The molecule has 2 N–H and O–H groups in total. The van der Waals surface area contributed by atoms with Gasteiger partial charge in [-0.1, -0.05) is 23.7 Å². The van der Waals surface area contributed by atoms with Crippen LogP contribution in [-0.2, 0) is 6.54 Å². The second-order valence-electron chi connectivity index (χ2n) is 2.75. The molecule has 0 fully saturated rings. The third-order valence-corrected chi connectivity index (χ3v) is 2.33. The third-order valence-electron chi connectivity index (χ3n) is 1.73. The van der Waals surface area contributed by atoms with E-state index in [4.69, 9.17) is 17.3 Å². The van der Waals surface area contributed by atoms with E-state index in [0.29, 0.717) is 6.54 Å². The Hall–Kier alpha value is -0.240. The van der Waals surface area contributed by atoms with Gasteiger partial charge in [0.1, 0.15) is 0 Å². The minimum absolute atomic E-state index is 0. The van der Waals surface area contributed by atoms with Gasteiger partial charge in [0.15, 0.2) is 0 Å². The molecule has 0 amide bonds. The van der Waals surface area contributed by atoms with Crippen LogP contribution in [0.2, 0.25) is 5.02 Å². The molecule has 0 bridgehead atoms. The first-order chi connectivity index (χ1) is 5.15. The van der Waals surface area contributed by atoms with Gasteiger partial charge in [-0.05, 0) is 30.5 Å². The maximum Gasteiger partial charge on any atom is 0.0464 e. The van der Waals surface area contributed by atoms with Crippen LogP contribution in [0.3, 0.4) is 0 Å². The van der Waals surface area contributed by atoms with Crippen LogP contribution in [0.1, 0.15) is 16.7 Å². The van der Waals surface area contributed by atoms with Crippen molar-refractivity contribution in [2.24, 2.45) is 5.73 Å². The van der Waals surface area contributed by atoms with E-state index >= 15 is 0 Å². The molecule has 0 aliphatic heterocycles. The van der Waals surface area contributed by atoms with Crippen LogP contribution >= 0.6 is 24.0 Å². The Kier molecular flexibility index (Phi) is 4.61. The average Bonchev–Trinajstić information content (AvgIpc) is 1.99. The molecule has 0 radical (unpaired) electrons. The number of aryl methyl sites for hydroxylation is 2. The maximum absolute atomic E-state index is 5.97. The van der Waals surface area contributed by atoms with Crippen molar-refractivity contribution in [2.45, 2.75) is 20.4 Å². The van der Waals surface area contributed by atoms with Crippen LogP contribution in [0.25, 0.3) is 0 Å². The smallest absolute Gasteiger partial charge is 0.0464 e. The van der Waals surface area contributed by atoms with Gasteiger partial charge in [-0.15, -0.1) is 12.4 Å². The summed E-state index contributed by atoms with van der Waals surface area (Å²) in [5.41, 5.74) is 8.85. The fourth-order valence-electron chi connectivity index (χ4n) is 1.15. The van der Waals surface area contributed by atoms with Crippen LogP contribution in [-0.4, -0.2) is 0 Å². The Balaban J connectivity index is 0.00000121. The van der Waals surface area contributed by atoms with Crippen LogP contribution in [0.15, 0.2) is 12.1 Å². The molecule has 0 saturated heterocycles. The lowest BCUT2D eigenvalue weighted by atomic mass is 10.1. The van der Waals surface area contributed by atoms with Gasteiger partial charge in [0, 0.05) is 11.6 Å². The van der Waals surface area contributed by atoms with Crippen molar-refractivity contribution >= 4 is 24.0 Å². The molecular formula is C9H13Cl2N. The molecule has 0 atom stereocenters. The van der Waals surface area contributed by atoms with Crippen molar-refractivity contribution in [2.75, 3.05) is 0 Å². The zero-order chi connectivity index (χ0) is 8.43. The first kappa shape index (κ1) is 11.8. The van der Waals surface area contributed by atoms with Crippen molar-refractivity contribution in [1.82, 2.24) is 0 Å². The Bertz CT molecular complexity index is 248. The number of hydrogen-bond donors (Lipinski definition) is 1. The lowest BCUT2D eigenvalue weighted by Crippen LogP contribution is -1.97. The Morgan fingerprint density at radius 3 is 2.00 bits per heavy atom. The van der Waals surface area contributed by atoms with Gasteiger partial charge in [0.2, 0.25) is 0 Å². The first-order valence-corrected chi connectivity index (χ1v) is 3.98. The topological polar surface area (TPSA) is 26.0 Å². The SMILES string of the molecule is Cc1cc(CN)cc(C)c1Cl.Cl. The predicted molar refractivity (Wildman–Crippen MR) is 56.1 cm³/mol. The van der Waals surface area contributed by atoms with Crippen LogP contribution in [0.4, 0.5) is 0 Å². The van der Waals surface area contributed by atoms with Crippen molar-refractivity contribution in [3.8, 4) is 0 Å². The Morgan fingerprint density at radius 1 is 1.25 bits per heavy atom. The van der Waals surface area contributed by atoms with Gasteiger partial charge in [-0.2, -0.15) is 0 Å². The number of nitrogens with two attached hydrogens (primary N) is 1. The molecule has 0 saturated carbocycles. The number of hydrogen-bond acceptors (Lipinski definition) is 1. The lowest BCUT2D eigenvalue weighted by molar-refractivity contribution is 1.06. The largest absolute Gasteiger partial charge is 0.326 e. The lowest BCUT2D eigenvalue weighted by Gasteiger charge is -2.04. The quantitative estimate of drug-likeness (QED) is 0.751. The first-order valence-electron chi connectivity index (χ1n) is 3.61. The monoisotopic (exact) mass is 205 g/mol. The molecule has 1 aromatic rings. The fraction of sp³-hybridized carbons (Fsp3) is 0.333. The van der Waals surface area contributed by atoms with Crippen molar-refractivity contribution < 1.29 is 0 Å². The highest BCUT2D eigenvalue weighted by Crippen LogP contribution is 2.21. The van der Waals surface area contributed by atoms with Crippen molar-refractivity contribution in [3.63, 3.8) is 0 Å². The normalized spacial score (nSPS) is 9.33. The van der Waals surface area contributed by atoms with Gasteiger partial charge in [-0.25, -0.2) is 0 Å². The number of halogens is 2. The van der Waals surface area contributed by atoms with E-state index in [1.165, 1.54) is 0 Å². The highest BCUT2D eigenvalue weighted by molar-refractivity contribution is 6.32. The van der Waals surface area contributed by atoms with E-state index in [1.54, 1.807) is 0 Å². The van der Waals surface area contributed by atoms with Gasteiger partial charge < -0.3 is 5.73 Å². The van der Waals surface area contributed by atoms with Gasteiger partial charge in [0.25, 0.3) is 0 Å². The van der Waals surface area contributed by atoms with Crippen molar-refractivity contribution in [1.29, 1.82) is 0 Å². The second-order valence-corrected chi connectivity index (χ2v) is 3.13. The third kappa shape index (κ3) is 2.37. The van der Waals surface area contributed by atoms with Gasteiger partial charge in [0.05, 0.1) is 0 Å². The molecule has 0 aromatic heterocycles. The average molecular weight is 206 g/mol. The molecular weight excluding hydrogens is 193 g/mol. The van der Waals surface area contributed by atoms with Crippen LogP contribution in [0.5, 0.6) is 0 Å². The summed E-state index contributed by atoms with van der Waals surface area (Å²) in [6.07, 6.45) is 0. The van der Waals surface area contributed by atoms with E-state index in [-0.39, 0.29) is 12.4 Å². The maximum atomic E-state index is 5.97. The summed E-state index contributed by atoms with van der Waals surface area (Å²) < 4.78 is 0. The number of rotatable bonds is 1. The molecule has 0 spiro atoms. The van der Waals surface area contributed by atoms with E-state index < -0.39 is 0 Å². The summed E-state index contributed by atoms with van der Waals surface area (Å²) in [4.78, 5) is 0. The zero-order valence-electron chi connectivity index (χ0n) is 7.23. The Labute approximate surface area is 84.3 Å². The van der Waals surface area contributed by atoms with Crippen LogP contribution in [0, 0.1) is 13.8 Å². The summed E-state index contributed by atoms with van der Waals surface area (Å²) in [6, 6.07) is 4.05. The molecule has 0 aliphatic carbocycles. The van der Waals surface area contributed by atoms with Gasteiger partial charge >= 0.3 is 0 Å². The molecule has 0 aliphatic rings. The molecule has 0 heterocycles. The molecule has 0 unspecified atom stereocenters.